The Bertz CT molecular complexity index is 240. The summed E-state index contributed by atoms with van der Waals surface area (Å²) in [4.78, 5) is 0. The Morgan fingerprint density at radius 1 is 0.643 bits per heavy atom. The summed E-state index contributed by atoms with van der Waals surface area (Å²) in [5.74, 6) is 4.47. The van der Waals surface area contributed by atoms with Gasteiger partial charge in [-0.05, 0) is 73.0 Å². The fourth-order valence-corrected chi connectivity index (χ4v) is 6.57. The highest BCUT2D eigenvalue weighted by Gasteiger charge is 2.72. The lowest BCUT2D eigenvalue weighted by molar-refractivity contribution is 0.0634. The van der Waals surface area contributed by atoms with Crippen molar-refractivity contribution in [3.8, 4) is 0 Å². The summed E-state index contributed by atoms with van der Waals surface area (Å²) in [7, 11) is 0. The van der Waals surface area contributed by atoms with Crippen LogP contribution in [0.15, 0.2) is 0 Å². The van der Waals surface area contributed by atoms with E-state index in [1.807, 2.05) is 0 Å². The van der Waals surface area contributed by atoms with E-state index in [4.69, 9.17) is 0 Å². The molecule has 0 nitrogen and oxygen atoms in total. The van der Waals surface area contributed by atoms with Gasteiger partial charge in [-0.1, -0.05) is 13.8 Å². The van der Waals surface area contributed by atoms with Crippen LogP contribution in [0, 0.1) is 34.5 Å². The topological polar surface area (TPSA) is 0 Å². The minimum Gasteiger partial charge on any atom is -0.0586 e. The van der Waals surface area contributed by atoms with Crippen LogP contribution in [-0.4, -0.2) is 0 Å². The van der Waals surface area contributed by atoms with Gasteiger partial charge in [-0.15, -0.1) is 0 Å². The molecule has 0 aromatic rings. The SMILES string of the molecule is CC12C3CCC1CC1CCC(C3)C12C. The van der Waals surface area contributed by atoms with E-state index in [-0.39, 0.29) is 0 Å². The molecular weight excluding hydrogens is 168 g/mol. The van der Waals surface area contributed by atoms with Crippen LogP contribution in [0.2, 0.25) is 0 Å². The van der Waals surface area contributed by atoms with Gasteiger partial charge in [0.25, 0.3) is 0 Å². The average molecular weight is 190 g/mol. The van der Waals surface area contributed by atoms with E-state index in [0.29, 0.717) is 0 Å². The summed E-state index contributed by atoms with van der Waals surface area (Å²) in [5.41, 5.74) is 1.55. The van der Waals surface area contributed by atoms with Crippen molar-refractivity contribution in [3.05, 3.63) is 0 Å². The molecule has 4 saturated carbocycles. The van der Waals surface area contributed by atoms with Crippen LogP contribution in [0.5, 0.6) is 0 Å². The van der Waals surface area contributed by atoms with Crippen molar-refractivity contribution in [1.82, 2.24) is 0 Å². The molecule has 0 aliphatic heterocycles. The van der Waals surface area contributed by atoms with Crippen molar-refractivity contribution >= 4 is 0 Å². The number of hydrogen-bond donors (Lipinski definition) is 0. The molecule has 0 N–H and O–H groups in total. The van der Waals surface area contributed by atoms with Gasteiger partial charge in [-0.3, -0.25) is 0 Å². The van der Waals surface area contributed by atoms with Gasteiger partial charge in [0.2, 0.25) is 0 Å². The molecule has 4 unspecified atom stereocenters. The Morgan fingerprint density at radius 3 is 1.21 bits per heavy atom. The maximum atomic E-state index is 2.67. The second-order valence-electron chi connectivity index (χ2n) is 6.98. The summed E-state index contributed by atoms with van der Waals surface area (Å²) in [6, 6.07) is 0. The molecule has 0 spiro atoms. The van der Waals surface area contributed by atoms with E-state index in [0.717, 1.165) is 34.5 Å². The molecule has 0 heterocycles. The highest BCUT2D eigenvalue weighted by atomic mass is 14.8. The summed E-state index contributed by atoms with van der Waals surface area (Å²) >= 11 is 0. The molecule has 0 radical (unpaired) electrons. The van der Waals surface area contributed by atoms with E-state index in [1.165, 1.54) is 0 Å². The highest BCUT2D eigenvalue weighted by molar-refractivity contribution is 5.21. The van der Waals surface area contributed by atoms with Gasteiger partial charge in [0.05, 0.1) is 0 Å². The van der Waals surface area contributed by atoms with Gasteiger partial charge in [-0.2, -0.15) is 0 Å². The van der Waals surface area contributed by atoms with Crippen LogP contribution in [0.3, 0.4) is 0 Å². The lowest BCUT2D eigenvalue weighted by Gasteiger charge is -2.41. The van der Waals surface area contributed by atoms with E-state index >= 15 is 0 Å². The molecule has 0 saturated heterocycles. The van der Waals surface area contributed by atoms with Crippen LogP contribution in [0.1, 0.15) is 52.4 Å². The molecule has 0 heteroatoms. The summed E-state index contributed by atoms with van der Waals surface area (Å²) in [6.45, 7) is 5.33. The third-order valence-corrected chi connectivity index (χ3v) is 7.42. The lowest BCUT2D eigenvalue weighted by Crippen LogP contribution is -2.36. The predicted octanol–water partition coefficient (Wildman–Crippen LogP) is 3.86. The molecule has 0 aromatic heterocycles. The smallest absolute Gasteiger partial charge is 0.0210 e. The van der Waals surface area contributed by atoms with E-state index < -0.39 is 0 Å². The van der Waals surface area contributed by atoms with Crippen LogP contribution < -0.4 is 0 Å². The zero-order valence-electron chi connectivity index (χ0n) is 9.55. The molecule has 4 rings (SSSR count). The minimum atomic E-state index is 0.777. The van der Waals surface area contributed by atoms with Gasteiger partial charge in [0.15, 0.2) is 0 Å². The Kier molecular flexibility index (Phi) is 1.22. The molecule has 4 atom stereocenters. The van der Waals surface area contributed by atoms with E-state index in [1.54, 1.807) is 38.5 Å². The van der Waals surface area contributed by atoms with Gasteiger partial charge >= 0.3 is 0 Å². The van der Waals surface area contributed by atoms with Crippen molar-refractivity contribution in [2.24, 2.45) is 34.5 Å². The first-order chi connectivity index (χ1) is 6.67. The van der Waals surface area contributed by atoms with Gasteiger partial charge in [0, 0.05) is 0 Å². The zero-order valence-corrected chi connectivity index (χ0v) is 9.55. The molecular formula is C14H22. The normalized spacial score (nSPS) is 69.0. The van der Waals surface area contributed by atoms with E-state index in [9.17, 15) is 0 Å². The van der Waals surface area contributed by atoms with Gasteiger partial charge in [-0.25, -0.2) is 0 Å². The summed E-state index contributed by atoms with van der Waals surface area (Å²) in [6.07, 6.45) is 9.47. The van der Waals surface area contributed by atoms with Crippen LogP contribution in [0.4, 0.5) is 0 Å². The molecule has 0 bridgehead atoms. The van der Waals surface area contributed by atoms with Crippen molar-refractivity contribution in [2.75, 3.05) is 0 Å². The maximum Gasteiger partial charge on any atom is -0.0210 e. The molecule has 78 valence electrons. The monoisotopic (exact) mass is 190 g/mol. The second kappa shape index (κ2) is 2.08. The first kappa shape index (κ1) is 8.19. The third kappa shape index (κ3) is 0.558. The molecule has 4 aliphatic rings. The molecule has 4 aliphatic carbocycles. The number of rotatable bonds is 0. The van der Waals surface area contributed by atoms with Crippen LogP contribution in [-0.2, 0) is 0 Å². The fourth-order valence-electron chi connectivity index (χ4n) is 6.57. The molecule has 4 fully saturated rings. The molecule has 0 amide bonds. The Morgan fingerprint density at radius 2 is 0.929 bits per heavy atom. The van der Waals surface area contributed by atoms with Crippen molar-refractivity contribution in [2.45, 2.75) is 52.4 Å². The maximum absolute atomic E-state index is 2.67. The largest absolute Gasteiger partial charge is 0.0586 e. The molecule has 0 aromatic carbocycles. The highest BCUT2D eigenvalue weighted by Crippen LogP contribution is 2.80. The number of hydrogen-bond acceptors (Lipinski definition) is 0. The predicted molar refractivity (Wildman–Crippen MR) is 57.9 cm³/mol. The minimum absolute atomic E-state index is 0.777. The third-order valence-electron chi connectivity index (χ3n) is 7.42. The first-order valence-electron chi connectivity index (χ1n) is 6.67. The van der Waals surface area contributed by atoms with Crippen molar-refractivity contribution in [3.63, 3.8) is 0 Å². The van der Waals surface area contributed by atoms with Crippen LogP contribution in [0.25, 0.3) is 0 Å². The second-order valence-corrected chi connectivity index (χ2v) is 6.98. The van der Waals surface area contributed by atoms with Crippen LogP contribution >= 0.6 is 0 Å². The van der Waals surface area contributed by atoms with Gasteiger partial charge < -0.3 is 0 Å². The van der Waals surface area contributed by atoms with Gasteiger partial charge in [0.1, 0.15) is 0 Å². The lowest BCUT2D eigenvalue weighted by atomic mass is 9.63. The van der Waals surface area contributed by atoms with E-state index in [2.05, 4.69) is 13.8 Å². The fraction of sp³-hybridized carbons (Fsp3) is 1.00. The van der Waals surface area contributed by atoms with Crippen molar-refractivity contribution in [1.29, 1.82) is 0 Å². The zero-order chi connectivity index (χ0) is 9.55. The quantitative estimate of drug-likeness (QED) is 0.544. The first-order valence-corrected chi connectivity index (χ1v) is 6.67. The Labute approximate surface area is 87.5 Å². The molecule has 14 heavy (non-hydrogen) atoms. The standard InChI is InChI=1S/C14H22/c1-13-9-3-4-10(13)8-12-6-5-11(7-9)14(12,13)2/h9-12H,3-8H2,1-2H3. The average Bonchev–Trinajstić information content (AvgIpc) is 2.78. The Balaban J connectivity index is 1.93. The van der Waals surface area contributed by atoms with Crippen molar-refractivity contribution < 1.29 is 0 Å². The summed E-state index contributed by atoms with van der Waals surface area (Å²) < 4.78 is 0. The Hall–Kier alpha value is 0. The summed E-state index contributed by atoms with van der Waals surface area (Å²) in [5, 5.41) is 0.